The number of rotatable bonds is 11. The van der Waals surface area contributed by atoms with Gasteiger partial charge < -0.3 is 14.8 Å². The second kappa shape index (κ2) is 11.0. The van der Waals surface area contributed by atoms with Crippen molar-refractivity contribution in [2.75, 3.05) is 27.3 Å². The minimum absolute atomic E-state index is 0.187. The zero-order chi connectivity index (χ0) is 22.1. The van der Waals surface area contributed by atoms with E-state index in [0.29, 0.717) is 30.2 Å². The van der Waals surface area contributed by atoms with Gasteiger partial charge in [0.1, 0.15) is 11.5 Å². The van der Waals surface area contributed by atoms with Crippen LogP contribution >= 0.6 is 0 Å². The lowest BCUT2D eigenvalue weighted by Gasteiger charge is -2.21. The quantitative estimate of drug-likeness (QED) is 0.586. The second-order valence-corrected chi connectivity index (χ2v) is 8.69. The molecule has 0 atom stereocenters. The summed E-state index contributed by atoms with van der Waals surface area (Å²) in [6.07, 6.45) is 1.48. The fraction of sp³-hybridized carbons (Fsp3) is 0.409. The number of ether oxygens (including phenoxy) is 2. The lowest BCUT2D eigenvalue weighted by molar-refractivity contribution is 0.0950. The Bertz CT molecular complexity index is 914. The highest BCUT2D eigenvalue weighted by atomic mass is 32.2. The average molecular weight is 435 g/mol. The minimum Gasteiger partial charge on any atom is -0.496 e. The van der Waals surface area contributed by atoms with Gasteiger partial charge in [0.15, 0.2) is 0 Å². The van der Waals surface area contributed by atoms with Crippen LogP contribution in [0.1, 0.15) is 42.6 Å². The van der Waals surface area contributed by atoms with Gasteiger partial charge in [-0.1, -0.05) is 19.9 Å². The van der Waals surface area contributed by atoms with E-state index < -0.39 is 10.0 Å². The normalized spacial score (nSPS) is 11.4. The van der Waals surface area contributed by atoms with Crippen molar-refractivity contribution in [3.63, 3.8) is 0 Å². The Balaban J connectivity index is 2.14. The summed E-state index contributed by atoms with van der Waals surface area (Å²) < 4.78 is 37.8. The van der Waals surface area contributed by atoms with E-state index in [9.17, 15) is 13.2 Å². The van der Waals surface area contributed by atoms with Crippen LogP contribution in [0, 0.1) is 0 Å². The fourth-order valence-corrected chi connectivity index (χ4v) is 4.78. The molecule has 0 saturated carbocycles. The number of sulfonamides is 1. The van der Waals surface area contributed by atoms with Crippen LogP contribution in [0.3, 0.4) is 0 Å². The molecule has 0 spiro atoms. The summed E-state index contributed by atoms with van der Waals surface area (Å²) in [7, 11) is -0.462. The molecule has 30 heavy (non-hydrogen) atoms. The molecule has 2 rings (SSSR count). The Hall–Kier alpha value is -2.58. The molecule has 0 fully saturated rings. The maximum atomic E-state index is 12.8. The van der Waals surface area contributed by atoms with E-state index in [1.807, 2.05) is 19.9 Å². The Morgan fingerprint density at radius 2 is 1.47 bits per heavy atom. The number of benzene rings is 2. The van der Waals surface area contributed by atoms with E-state index in [-0.39, 0.29) is 17.3 Å². The van der Waals surface area contributed by atoms with Crippen molar-refractivity contribution in [1.82, 2.24) is 9.62 Å². The van der Waals surface area contributed by atoms with Gasteiger partial charge in [-0.25, -0.2) is 8.42 Å². The predicted octanol–water partition coefficient (Wildman–Crippen LogP) is 3.44. The number of nitrogens with one attached hydrogen (secondary N) is 1. The largest absolute Gasteiger partial charge is 0.496 e. The van der Waals surface area contributed by atoms with Gasteiger partial charge >= 0.3 is 0 Å². The Morgan fingerprint density at radius 3 is 1.93 bits per heavy atom. The first kappa shape index (κ1) is 23.7. The van der Waals surface area contributed by atoms with Gasteiger partial charge in [0, 0.05) is 18.7 Å². The summed E-state index contributed by atoms with van der Waals surface area (Å²) >= 11 is 0. The number of nitrogens with zero attached hydrogens (tertiary/aromatic N) is 1. The summed E-state index contributed by atoms with van der Waals surface area (Å²) in [6.45, 7) is 5.05. The molecule has 0 bridgehead atoms. The molecule has 0 unspecified atom stereocenters. The van der Waals surface area contributed by atoms with Crippen LogP contribution in [0.4, 0.5) is 0 Å². The third kappa shape index (κ3) is 5.52. The van der Waals surface area contributed by atoms with Gasteiger partial charge in [-0.15, -0.1) is 0 Å². The molecule has 0 heterocycles. The van der Waals surface area contributed by atoms with Crippen molar-refractivity contribution >= 4 is 15.9 Å². The topological polar surface area (TPSA) is 84.9 Å². The maximum absolute atomic E-state index is 12.8. The number of carbonyl (C=O) groups excluding carboxylic acids is 1. The zero-order valence-corrected chi connectivity index (χ0v) is 18.8. The smallest absolute Gasteiger partial charge is 0.251 e. The Kier molecular flexibility index (Phi) is 8.68. The van der Waals surface area contributed by atoms with Crippen LogP contribution in [0.5, 0.6) is 11.5 Å². The highest BCUT2D eigenvalue weighted by Gasteiger charge is 2.23. The number of carbonyl (C=O) groups is 1. The van der Waals surface area contributed by atoms with E-state index in [1.165, 1.54) is 28.6 Å². The number of hydrogen-bond donors (Lipinski definition) is 1. The number of amides is 1. The van der Waals surface area contributed by atoms with Crippen molar-refractivity contribution in [2.24, 2.45) is 0 Å². The Morgan fingerprint density at radius 1 is 0.933 bits per heavy atom. The van der Waals surface area contributed by atoms with Gasteiger partial charge in [0.2, 0.25) is 10.0 Å². The molecule has 1 N–H and O–H groups in total. The zero-order valence-electron chi connectivity index (χ0n) is 18.0. The highest BCUT2D eigenvalue weighted by Crippen LogP contribution is 2.28. The molecule has 0 aliphatic carbocycles. The van der Waals surface area contributed by atoms with Crippen LogP contribution in [-0.4, -0.2) is 45.9 Å². The summed E-state index contributed by atoms with van der Waals surface area (Å²) in [5.74, 6) is 0.914. The summed E-state index contributed by atoms with van der Waals surface area (Å²) in [6, 6.07) is 11.4. The molecule has 0 aliphatic rings. The molecule has 164 valence electrons. The second-order valence-electron chi connectivity index (χ2n) is 6.75. The van der Waals surface area contributed by atoms with Crippen LogP contribution in [-0.2, 0) is 16.6 Å². The predicted molar refractivity (Wildman–Crippen MR) is 116 cm³/mol. The molecule has 0 aromatic heterocycles. The lowest BCUT2D eigenvalue weighted by Crippen LogP contribution is -2.32. The molecule has 7 nitrogen and oxygen atoms in total. The van der Waals surface area contributed by atoms with Crippen LogP contribution < -0.4 is 14.8 Å². The van der Waals surface area contributed by atoms with Crippen molar-refractivity contribution in [3.05, 3.63) is 53.6 Å². The first-order valence-electron chi connectivity index (χ1n) is 9.97. The molecule has 1 amide bonds. The van der Waals surface area contributed by atoms with Crippen LogP contribution in [0.25, 0.3) is 0 Å². The molecule has 8 heteroatoms. The maximum Gasteiger partial charge on any atom is 0.251 e. The van der Waals surface area contributed by atoms with Gasteiger partial charge in [0.05, 0.1) is 31.2 Å². The SMILES string of the molecule is CCCN(CCC)S(=O)(=O)c1ccc(C(=O)NCc2c(OC)cccc2OC)cc1. The average Bonchev–Trinajstić information content (AvgIpc) is 2.77. The molecule has 0 saturated heterocycles. The Labute approximate surface area is 179 Å². The van der Waals surface area contributed by atoms with Crippen LogP contribution in [0.2, 0.25) is 0 Å². The highest BCUT2D eigenvalue weighted by molar-refractivity contribution is 7.89. The summed E-state index contributed by atoms with van der Waals surface area (Å²) in [5, 5.41) is 2.83. The number of hydrogen-bond acceptors (Lipinski definition) is 5. The standard InChI is InChI=1S/C22H30N2O5S/c1-5-14-24(15-6-2)30(26,27)18-12-10-17(11-13-18)22(25)23-16-19-20(28-3)8-7-9-21(19)29-4/h7-13H,5-6,14-16H2,1-4H3,(H,23,25). The van der Waals surface area contributed by atoms with E-state index in [0.717, 1.165) is 18.4 Å². The van der Waals surface area contributed by atoms with Crippen molar-refractivity contribution in [2.45, 2.75) is 38.1 Å². The molecule has 0 aliphatic heterocycles. The summed E-state index contributed by atoms with van der Waals surface area (Å²) in [4.78, 5) is 12.8. The van der Waals surface area contributed by atoms with Crippen LogP contribution in [0.15, 0.2) is 47.4 Å². The first-order chi connectivity index (χ1) is 14.4. The van der Waals surface area contributed by atoms with Crippen molar-refractivity contribution < 1.29 is 22.7 Å². The molecule has 2 aromatic carbocycles. The monoisotopic (exact) mass is 434 g/mol. The number of methoxy groups -OCH3 is 2. The minimum atomic E-state index is -3.57. The fourth-order valence-electron chi connectivity index (χ4n) is 3.15. The van der Waals surface area contributed by atoms with Crippen molar-refractivity contribution in [1.29, 1.82) is 0 Å². The third-order valence-electron chi connectivity index (χ3n) is 4.66. The first-order valence-corrected chi connectivity index (χ1v) is 11.4. The van der Waals surface area contributed by atoms with Gasteiger partial charge in [-0.2, -0.15) is 4.31 Å². The molecular formula is C22H30N2O5S. The van der Waals surface area contributed by atoms with E-state index >= 15 is 0 Å². The molecule has 0 radical (unpaired) electrons. The molecule has 2 aromatic rings. The van der Waals surface area contributed by atoms with E-state index in [4.69, 9.17) is 9.47 Å². The van der Waals surface area contributed by atoms with Gasteiger partial charge in [-0.3, -0.25) is 4.79 Å². The third-order valence-corrected chi connectivity index (χ3v) is 6.57. The lowest BCUT2D eigenvalue weighted by atomic mass is 10.1. The van der Waals surface area contributed by atoms with Gasteiger partial charge in [-0.05, 0) is 49.2 Å². The summed E-state index contributed by atoms with van der Waals surface area (Å²) in [5.41, 5.74) is 1.10. The van der Waals surface area contributed by atoms with E-state index in [1.54, 1.807) is 26.4 Å². The molecular weight excluding hydrogens is 404 g/mol. The van der Waals surface area contributed by atoms with Gasteiger partial charge in [0.25, 0.3) is 5.91 Å². The van der Waals surface area contributed by atoms with E-state index in [2.05, 4.69) is 5.32 Å². The van der Waals surface area contributed by atoms with Crippen molar-refractivity contribution in [3.8, 4) is 11.5 Å².